The normalized spacial score (nSPS) is 12.0. The molecule has 0 aliphatic heterocycles. The molecule has 2 heterocycles. The summed E-state index contributed by atoms with van der Waals surface area (Å²) in [5.74, 6) is -0.500. The number of aryl methyl sites for hydroxylation is 3. The summed E-state index contributed by atoms with van der Waals surface area (Å²) < 4.78 is 1.67. The lowest BCUT2D eigenvalue weighted by Gasteiger charge is -2.14. The predicted octanol–water partition coefficient (Wildman–Crippen LogP) is 3.89. The van der Waals surface area contributed by atoms with Crippen molar-refractivity contribution in [2.45, 2.75) is 41.0 Å². The molecular formula is C21H25N5O2. The summed E-state index contributed by atoms with van der Waals surface area (Å²) in [5.41, 5.74) is 4.37. The predicted molar refractivity (Wildman–Crippen MR) is 110 cm³/mol. The van der Waals surface area contributed by atoms with Gasteiger partial charge in [-0.25, -0.2) is 9.50 Å². The molecule has 146 valence electrons. The van der Waals surface area contributed by atoms with Crippen LogP contribution in [0.4, 0.5) is 11.4 Å². The number of nitrogens with one attached hydrogen (secondary N) is 2. The van der Waals surface area contributed by atoms with Crippen molar-refractivity contribution in [3.8, 4) is 0 Å². The molecule has 3 aromatic rings. The molecule has 2 N–H and O–H groups in total. The molecule has 0 saturated heterocycles. The Morgan fingerprint density at radius 1 is 1.11 bits per heavy atom. The van der Waals surface area contributed by atoms with Crippen LogP contribution in [0, 0.1) is 26.7 Å². The van der Waals surface area contributed by atoms with Gasteiger partial charge in [0.25, 0.3) is 5.91 Å². The summed E-state index contributed by atoms with van der Waals surface area (Å²) in [6.07, 6.45) is 0.742. The van der Waals surface area contributed by atoms with E-state index in [0.29, 0.717) is 28.3 Å². The zero-order chi connectivity index (χ0) is 20.4. The van der Waals surface area contributed by atoms with E-state index < -0.39 is 0 Å². The third kappa shape index (κ3) is 3.74. The molecule has 3 rings (SSSR count). The minimum absolute atomic E-state index is 0.0794. The van der Waals surface area contributed by atoms with Crippen LogP contribution in [-0.2, 0) is 4.79 Å². The number of benzene rings is 1. The number of hydrogen-bond acceptors (Lipinski definition) is 4. The van der Waals surface area contributed by atoms with Crippen LogP contribution in [0.2, 0.25) is 0 Å². The standard InChI is InChI=1S/C21H25N5O2/c1-6-12(2)20(27)23-16-9-7-8-10-17(16)24-21(28)18-15(5)25-26-14(4)11-13(3)22-19(18)26/h7-12H,6H2,1-5H3,(H,23,27)(H,24,28). The Labute approximate surface area is 164 Å². The summed E-state index contributed by atoms with van der Waals surface area (Å²) in [6.45, 7) is 9.43. The van der Waals surface area contributed by atoms with E-state index in [2.05, 4.69) is 20.7 Å². The summed E-state index contributed by atoms with van der Waals surface area (Å²) in [7, 11) is 0. The average molecular weight is 379 g/mol. The molecule has 2 aromatic heterocycles. The van der Waals surface area contributed by atoms with Gasteiger partial charge in [-0.2, -0.15) is 5.10 Å². The van der Waals surface area contributed by atoms with Gasteiger partial charge in [0, 0.05) is 17.3 Å². The first-order chi connectivity index (χ1) is 13.3. The number of fused-ring (bicyclic) bond motifs is 1. The minimum atomic E-state index is -0.310. The van der Waals surface area contributed by atoms with Crippen LogP contribution in [-0.4, -0.2) is 26.4 Å². The molecule has 0 radical (unpaired) electrons. The Kier molecular flexibility index (Phi) is 5.44. The van der Waals surface area contributed by atoms with E-state index in [1.165, 1.54) is 0 Å². The maximum atomic E-state index is 13.0. The minimum Gasteiger partial charge on any atom is -0.324 e. The van der Waals surface area contributed by atoms with Gasteiger partial charge in [-0.1, -0.05) is 26.0 Å². The highest BCUT2D eigenvalue weighted by atomic mass is 16.2. The lowest BCUT2D eigenvalue weighted by Crippen LogP contribution is -2.21. The van der Waals surface area contributed by atoms with Crippen molar-refractivity contribution in [1.82, 2.24) is 14.6 Å². The quantitative estimate of drug-likeness (QED) is 0.704. The third-order valence-corrected chi connectivity index (χ3v) is 4.79. The van der Waals surface area contributed by atoms with Crippen LogP contribution < -0.4 is 10.6 Å². The highest BCUT2D eigenvalue weighted by molar-refractivity contribution is 6.11. The molecule has 0 aliphatic carbocycles. The molecule has 0 spiro atoms. The Morgan fingerprint density at radius 3 is 2.39 bits per heavy atom. The van der Waals surface area contributed by atoms with Crippen LogP contribution in [0.25, 0.3) is 5.65 Å². The fourth-order valence-corrected chi connectivity index (χ4v) is 3.02. The summed E-state index contributed by atoms with van der Waals surface area (Å²) in [6, 6.07) is 9.07. The first kappa shape index (κ1) is 19.5. The number of carbonyl (C=O) groups excluding carboxylic acids is 2. The molecule has 1 atom stereocenters. The lowest BCUT2D eigenvalue weighted by atomic mass is 10.1. The zero-order valence-corrected chi connectivity index (χ0v) is 16.8. The van der Waals surface area contributed by atoms with Crippen molar-refractivity contribution in [2.24, 2.45) is 5.92 Å². The number of aromatic nitrogens is 3. The SMILES string of the molecule is CCC(C)C(=O)Nc1ccccc1NC(=O)c1c(C)nn2c(C)cc(C)nc12. The van der Waals surface area contributed by atoms with E-state index in [1.807, 2.05) is 45.9 Å². The second-order valence-electron chi connectivity index (χ2n) is 7.03. The van der Waals surface area contributed by atoms with Crippen LogP contribution in [0.3, 0.4) is 0 Å². The van der Waals surface area contributed by atoms with Crippen molar-refractivity contribution in [1.29, 1.82) is 0 Å². The molecule has 0 saturated carbocycles. The van der Waals surface area contributed by atoms with Crippen molar-refractivity contribution in [3.05, 3.63) is 53.0 Å². The number of carbonyl (C=O) groups is 2. The smallest absolute Gasteiger partial charge is 0.261 e. The number of para-hydroxylation sites is 2. The maximum Gasteiger partial charge on any atom is 0.261 e. The van der Waals surface area contributed by atoms with E-state index in [-0.39, 0.29) is 17.7 Å². The molecule has 28 heavy (non-hydrogen) atoms. The molecule has 0 aliphatic rings. The van der Waals surface area contributed by atoms with E-state index in [1.54, 1.807) is 23.6 Å². The molecule has 0 fully saturated rings. The van der Waals surface area contributed by atoms with Crippen LogP contribution in [0.5, 0.6) is 0 Å². The van der Waals surface area contributed by atoms with E-state index in [4.69, 9.17) is 0 Å². The third-order valence-electron chi connectivity index (χ3n) is 4.79. The van der Waals surface area contributed by atoms with Gasteiger partial charge in [-0.3, -0.25) is 9.59 Å². The summed E-state index contributed by atoms with van der Waals surface area (Å²) >= 11 is 0. The first-order valence-corrected chi connectivity index (χ1v) is 9.36. The fourth-order valence-electron chi connectivity index (χ4n) is 3.02. The number of anilines is 2. The Balaban J connectivity index is 1.94. The highest BCUT2D eigenvalue weighted by Gasteiger charge is 2.21. The Hall–Kier alpha value is -3.22. The fraction of sp³-hybridized carbons (Fsp3) is 0.333. The van der Waals surface area contributed by atoms with Gasteiger partial charge in [0.15, 0.2) is 5.65 Å². The number of hydrogen-bond donors (Lipinski definition) is 2. The Bertz CT molecular complexity index is 1050. The molecule has 1 unspecified atom stereocenters. The van der Waals surface area contributed by atoms with Gasteiger partial charge in [0.1, 0.15) is 5.56 Å². The molecule has 7 nitrogen and oxygen atoms in total. The summed E-state index contributed by atoms with van der Waals surface area (Å²) in [4.78, 5) is 29.8. The van der Waals surface area contributed by atoms with E-state index in [9.17, 15) is 9.59 Å². The van der Waals surface area contributed by atoms with Crippen molar-refractivity contribution >= 4 is 28.8 Å². The van der Waals surface area contributed by atoms with Crippen LogP contribution in [0.15, 0.2) is 30.3 Å². The Morgan fingerprint density at radius 2 is 1.75 bits per heavy atom. The molecule has 0 bridgehead atoms. The van der Waals surface area contributed by atoms with Crippen molar-refractivity contribution < 1.29 is 9.59 Å². The first-order valence-electron chi connectivity index (χ1n) is 9.36. The van der Waals surface area contributed by atoms with Crippen molar-refractivity contribution in [3.63, 3.8) is 0 Å². The average Bonchev–Trinajstić information content (AvgIpc) is 2.98. The van der Waals surface area contributed by atoms with Gasteiger partial charge < -0.3 is 10.6 Å². The highest BCUT2D eigenvalue weighted by Crippen LogP contribution is 2.24. The van der Waals surface area contributed by atoms with E-state index in [0.717, 1.165) is 17.8 Å². The second kappa shape index (κ2) is 7.80. The molecule has 2 amide bonds. The monoisotopic (exact) mass is 379 g/mol. The van der Waals surface area contributed by atoms with E-state index >= 15 is 0 Å². The molecular weight excluding hydrogens is 354 g/mol. The number of amides is 2. The summed E-state index contributed by atoms with van der Waals surface area (Å²) in [5, 5.41) is 10.2. The maximum absolute atomic E-state index is 13.0. The molecule has 7 heteroatoms. The van der Waals surface area contributed by atoms with Crippen LogP contribution in [0.1, 0.15) is 47.7 Å². The van der Waals surface area contributed by atoms with Gasteiger partial charge in [-0.15, -0.1) is 0 Å². The van der Waals surface area contributed by atoms with Gasteiger partial charge in [-0.05, 0) is 45.4 Å². The lowest BCUT2D eigenvalue weighted by molar-refractivity contribution is -0.119. The number of rotatable bonds is 5. The number of nitrogens with zero attached hydrogens (tertiary/aromatic N) is 3. The zero-order valence-electron chi connectivity index (χ0n) is 16.8. The van der Waals surface area contributed by atoms with Gasteiger partial charge >= 0.3 is 0 Å². The van der Waals surface area contributed by atoms with Crippen molar-refractivity contribution in [2.75, 3.05) is 10.6 Å². The second-order valence-corrected chi connectivity index (χ2v) is 7.03. The molecule has 1 aromatic carbocycles. The van der Waals surface area contributed by atoms with Gasteiger partial charge in [0.2, 0.25) is 5.91 Å². The van der Waals surface area contributed by atoms with Gasteiger partial charge in [0.05, 0.1) is 17.1 Å². The topological polar surface area (TPSA) is 88.4 Å². The largest absolute Gasteiger partial charge is 0.324 e. The van der Waals surface area contributed by atoms with Crippen LogP contribution >= 0.6 is 0 Å².